The van der Waals surface area contributed by atoms with Crippen LogP contribution in [0.3, 0.4) is 0 Å². The Bertz CT molecular complexity index is 647. The summed E-state index contributed by atoms with van der Waals surface area (Å²) in [6, 6.07) is 16.0. The molecule has 0 aliphatic carbocycles. The van der Waals surface area contributed by atoms with E-state index in [1.165, 1.54) is 12.1 Å². The first-order valence-corrected chi connectivity index (χ1v) is 6.25. The summed E-state index contributed by atoms with van der Waals surface area (Å²) < 4.78 is 12.9. The molecular weight excluding hydrogens is 251 g/mol. The molecule has 0 spiro atoms. The Balaban J connectivity index is 2.31. The molecule has 0 unspecified atom stereocenters. The van der Waals surface area contributed by atoms with Crippen LogP contribution in [0.2, 0.25) is 0 Å². The molecular formula is C17H15FN2. The zero-order chi connectivity index (χ0) is 14.5. The Morgan fingerprint density at radius 3 is 2.15 bits per heavy atom. The molecule has 2 aromatic rings. The quantitative estimate of drug-likeness (QED) is 0.621. The van der Waals surface area contributed by atoms with Gasteiger partial charge in [-0.2, -0.15) is 5.26 Å². The van der Waals surface area contributed by atoms with Crippen molar-refractivity contribution in [2.75, 3.05) is 19.0 Å². The van der Waals surface area contributed by atoms with Crippen LogP contribution in [0.25, 0.3) is 11.6 Å². The van der Waals surface area contributed by atoms with Crippen molar-refractivity contribution in [1.82, 2.24) is 0 Å². The van der Waals surface area contributed by atoms with Crippen LogP contribution in [0.1, 0.15) is 11.1 Å². The number of nitrogens with zero attached hydrogens (tertiary/aromatic N) is 2. The van der Waals surface area contributed by atoms with Gasteiger partial charge in [-0.05, 0) is 41.5 Å². The van der Waals surface area contributed by atoms with E-state index < -0.39 is 0 Å². The number of rotatable bonds is 3. The van der Waals surface area contributed by atoms with E-state index in [1.807, 2.05) is 43.3 Å². The second-order valence-corrected chi connectivity index (χ2v) is 4.66. The largest absolute Gasteiger partial charge is 0.378 e. The van der Waals surface area contributed by atoms with E-state index in [4.69, 9.17) is 0 Å². The fourth-order valence-corrected chi connectivity index (χ4v) is 1.84. The van der Waals surface area contributed by atoms with Crippen LogP contribution in [0, 0.1) is 17.1 Å². The second kappa shape index (κ2) is 6.03. The van der Waals surface area contributed by atoms with Gasteiger partial charge in [-0.15, -0.1) is 0 Å². The summed E-state index contributed by atoms with van der Waals surface area (Å²) in [6.45, 7) is 0. The van der Waals surface area contributed by atoms with E-state index >= 15 is 0 Å². The molecule has 0 aromatic heterocycles. The number of nitriles is 1. The van der Waals surface area contributed by atoms with Crippen LogP contribution < -0.4 is 4.90 Å². The van der Waals surface area contributed by atoms with Crippen LogP contribution in [0.5, 0.6) is 0 Å². The lowest BCUT2D eigenvalue weighted by Crippen LogP contribution is -2.07. The number of benzene rings is 2. The molecule has 2 nitrogen and oxygen atoms in total. The maximum absolute atomic E-state index is 12.9. The number of allylic oxidation sites excluding steroid dienone is 1. The summed E-state index contributed by atoms with van der Waals surface area (Å²) in [5, 5.41) is 9.23. The van der Waals surface area contributed by atoms with Crippen molar-refractivity contribution in [3.63, 3.8) is 0 Å². The van der Waals surface area contributed by atoms with E-state index in [-0.39, 0.29) is 5.82 Å². The molecule has 0 saturated heterocycles. The molecule has 0 atom stereocenters. The molecule has 0 aliphatic heterocycles. The van der Waals surface area contributed by atoms with Crippen LogP contribution in [-0.2, 0) is 0 Å². The molecule has 0 heterocycles. The highest BCUT2D eigenvalue weighted by Gasteiger charge is 2.02. The van der Waals surface area contributed by atoms with Crippen molar-refractivity contribution in [3.05, 3.63) is 65.5 Å². The minimum Gasteiger partial charge on any atom is -0.378 e. The van der Waals surface area contributed by atoms with Gasteiger partial charge in [0.1, 0.15) is 5.82 Å². The lowest BCUT2D eigenvalue weighted by atomic mass is 10.0. The fourth-order valence-electron chi connectivity index (χ4n) is 1.84. The van der Waals surface area contributed by atoms with Crippen molar-refractivity contribution >= 4 is 17.3 Å². The number of anilines is 1. The standard InChI is InChI=1S/C17H15FN2/c1-20(2)17-9-3-13(4-10-17)11-15(12-19)14-5-7-16(18)8-6-14/h3-11H,1-2H3/b15-11-. The Kier molecular flexibility index (Phi) is 4.17. The molecule has 3 heteroatoms. The van der Waals surface area contributed by atoms with Gasteiger partial charge in [-0.1, -0.05) is 24.3 Å². The summed E-state index contributed by atoms with van der Waals surface area (Å²) in [4.78, 5) is 2.01. The summed E-state index contributed by atoms with van der Waals surface area (Å²) in [6.07, 6.45) is 1.80. The maximum atomic E-state index is 12.9. The molecule has 0 fully saturated rings. The molecule has 20 heavy (non-hydrogen) atoms. The highest BCUT2D eigenvalue weighted by Crippen LogP contribution is 2.20. The predicted octanol–water partition coefficient (Wildman–Crippen LogP) is 3.96. The molecule has 0 radical (unpaired) electrons. The van der Waals surface area contributed by atoms with Gasteiger partial charge in [-0.3, -0.25) is 0 Å². The third-order valence-electron chi connectivity index (χ3n) is 3.00. The van der Waals surface area contributed by atoms with Gasteiger partial charge < -0.3 is 4.90 Å². The topological polar surface area (TPSA) is 27.0 Å². The van der Waals surface area contributed by atoms with Crippen molar-refractivity contribution in [2.24, 2.45) is 0 Å². The predicted molar refractivity (Wildman–Crippen MR) is 80.7 cm³/mol. The van der Waals surface area contributed by atoms with Gasteiger partial charge >= 0.3 is 0 Å². The Labute approximate surface area is 118 Å². The van der Waals surface area contributed by atoms with Gasteiger partial charge in [0, 0.05) is 19.8 Å². The van der Waals surface area contributed by atoms with Crippen molar-refractivity contribution in [1.29, 1.82) is 5.26 Å². The van der Waals surface area contributed by atoms with Crippen molar-refractivity contribution in [3.8, 4) is 6.07 Å². The summed E-state index contributed by atoms with van der Waals surface area (Å²) >= 11 is 0. The molecule has 0 amide bonds. The minimum atomic E-state index is -0.304. The highest BCUT2D eigenvalue weighted by molar-refractivity contribution is 5.89. The Hall–Kier alpha value is -2.60. The lowest BCUT2D eigenvalue weighted by molar-refractivity contribution is 0.627. The molecule has 0 N–H and O–H groups in total. The van der Waals surface area contributed by atoms with Crippen LogP contribution >= 0.6 is 0 Å². The third kappa shape index (κ3) is 3.24. The van der Waals surface area contributed by atoms with Crippen molar-refractivity contribution < 1.29 is 4.39 Å². The van der Waals surface area contributed by atoms with Gasteiger partial charge in [0.2, 0.25) is 0 Å². The van der Waals surface area contributed by atoms with Crippen LogP contribution in [0.15, 0.2) is 48.5 Å². The summed E-state index contributed by atoms with van der Waals surface area (Å²) in [7, 11) is 3.95. The van der Waals surface area contributed by atoms with Crippen molar-refractivity contribution in [2.45, 2.75) is 0 Å². The molecule has 0 saturated carbocycles. The maximum Gasteiger partial charge on any atom is 0.123 e. The molecule has 0 aliphatic rings. The van der Waals surface area contributed by atoms with Gasteiger partial charge in [0.15, 0.2) is 0 Å². The zero-order valence-corrected chi connectivity index (χ0v) is 11.5. The normalized spacial score (nSPS) is 11.0. The van der Waals surface area contributed by atoms with Gasteiger partial charge in [0.25, 0.3) is 0 Å². The first kappa shape index (κ1) is 13.8. The number of halogens is 1. The smallest absolute Gasteiger partial charge is 0.123 e. The minimum absolute atomic E-state index is 0.304. The highest BCUT2D eigenvalue weighted by atomic mass is 19.1. The van der Waals surface area contributed by atoms with Gasteiger partial charge in [0.05, 0.1) is 11.6 Å². The molecule has 0 bridgehead atoms. The van der Waals surface area contributed by atoms with E-state index in [2.05, 4.69) is 6.07 Å². The van der Waals surface area contributed by atoms with Gasteiger partial charge in [-0.25, -0.2) is 4.39 Å². The van der Waals surface area contributed by atoms with Crippen LogP contribution in [0.4, 0.5) is 10.1 Å². The first-order valence-electron chi connectivity index (χ1n) is 6.25. The van der Waals surface area contributed by atoms with E-state index in [0.29, 0.717) is 11.1 Å². The molecule has 2 rings (SSSR count). The number of hydrogen-bond acceptors (Lipinski definition) is 2. The lowest BCUT2D eigenvalue weighted by Gasteiger charge is -2.11. The molecule has 100 valence electrons. The first-order chi connectivity index (χ1) is 9.60. The monoisotopic (exact) mass is 266 g/mol. The zero-order valence-electron chi connectivity index (χ0n) is 11.5. The Morgan fingerprint density at radius 2 is 1.65 bits per heavy atom. The van der Waals surface area contributed by atoms with E-state index in [0.717, 1.165) is 11.3 Å². The fraction of sp³-hybridized carbons (Fsp3) is 0.118. The summed E-state index contributed by atoms with van der Waals surface area (Å²) in [5.74, 6) is -0.304. The average Bonchev–Trinajstić information content (AvgIpc) is 2.46. The molecule has 2 aromatic carbocycles. The Morgan fingerprint density at radius 1 is 1.05 bits per heavy atom. The van der Waals surface area contributed by atoms with E-state index in [9.17, 15) is 9.65 Å². The average molecular weight is 266 g/mol. The SMILES string of the molecule is CN(C)c1ccc(/C=C(/C#N)c2ccc(F)cc2)cc1. The van der Waals surface area contributed by atoms with E-state index in [1.54, 1.807) is 18.2 Å². The summed E-state index contributed by atoms with van der Waals surface area (Å²) in [5.41, 5.74) is 3.27. The number of hydrogen-bond donors (Lipinski definition) is 0. The third-order valence-corrected chi connectivity index (χ3v) is 3.00. The second-order valence-electron chi connectivity index (χ2n) is 4.66. The van der Waals surface area contributed by atoms with Crippen LogP contribution in [-0.4, -0.2) is 14.1 Å².